The van der Waals surface area contributed by atoms with Gasteiger partial charge in [-0.05, 0) is 12.8 Å². The van der Waals surface area contributed by atoms with E-state index in [1.807, 2.05) is 0 Å². The molecule has 0 saturated heterocycles. The lowest BCUT2D eigenvalue weighted by molar-refractivity contribution is 0.163. The van der Waals surface area contributed by atoms with E-state index in [-0.39, 0.29) is 7.43 Å². The Morgan fingerprint density at radius 1 is 0.933 bits per heavy atom. The maximum atomic E-state index is 5.63. The van der Waals surface area contributed by atoms with Crippen LogP contribution in [0.4, 0.5) is 0 Å². The molecule has 0 aromatic rings. The van der Waals surface area contributed by atoms with Crippen molar-refractivity contribution in [2.45, 2.75) is 45.6 Å². The van der Waals surface area contributed by atoms with Crippen molar-refractivity contribution >= 4 is 9.53 Å². The van der Waals surface area contributed by atoms with Gasteiger partial charge in [-0.3, -0.25) is 0 Å². The maximum Gasteiger partial charge on any atom is 0.483 e. The highest BCUT2D eigenvalue weighted by molar-refractivity contribution is 6.36. The summed E-state index contributed by atoms with van der Waals surface area (Å²) in [5.41, 5.74) is 5.63. The number of hydrogen-bond donors (Lipinski definition) is 1. The van der Waals surface area contributed by atoms with Gasteiger partial charge in [0.15, 0.2) is 0 Å². The van der Waals surface area contributed by atoms with Crippen molar-refractivity contribution < 1.29 is 13.3 Å². The van der Waals surface area contributed by atoms with Gasteiger partial charge in [-0.25, -0.2) is 0 Å². The molecule has 1 fully saturated rings. The Kier molecular flexibility index (Phi) is 14.1. The van der Waals surface area contributed by atoms with Crippen molar-refractivity contribution in [1.29, 1.82) is 0 Å². The topological polar surface area (TPSA) is 53.7 Å². The van der Waals surface area contributed by atoms with E-state index in [1.54, 1.807) is 21.3 Å². The number of hydrogen-bond acceptors (Lipinski definition) is 4. The molecule has 1 aliphatic carbocycles. The average molecular weight is 237 g/mol. The fourth-order valence-corrected chi connectivity index (χ4v) is 2.00. The van der Waals surface area contributed by atoms with Crippen molar-refractivity contribution in [3.05, 3.63) is 0 Å². The van der Waals surface area contributed by atoms with Gasteiger partial charge >= 0.3 is 9.53 Å². The highest BCUT2D eigenvalue weighted by Gasteiger charge is 2.06. The monoisotopic (exact) mass is 237 g/mol. The largest absolute Gasteiger partial charge is 0.483 e. The molecule has 0 atom stereocenters. The van der Waals surface area contributed by atoms with Crippen LogP contribution in [0.2, 0.25) is 0 Å². The molecule has 2 N–H and O–H groups in total. The normalized spacial score (nSPS) is 16.6. The van der Waals surface area contributed by atoms with Crippen LogP contribution in [0.15, 0.2) is 0 Å². The molecule has 0 spiro atoms. The lowest BCUT2D eigenvalue weighted by Crippen LogP contribution is -2.22. The molecular weight excluding hydrogens is 210 g/mol. The van der Waals surface area contributed by atoms with Crippen molar-refractivity contribution in [1.82, 2.24) is 0 Å². The second-order valence-corrected chi connectivity index (χ2v) is 5.39. The lowest BCUT2D eigenvalue weighted by atomic mass is 9.97. The minimum absolute atomic E-state index is 0. The third-order valence-corrected chi connectivity index (χ3v) is 3.38. The van der Waals surface area contributed by atoms with E-state index in [0.29, 0.717) is 6.04 Å². The van der Waals surface area contributed by atoms with Crippen LogP contribution in [-0.4, -0.2) is 36.9 Å². The van der Waals surface area contributed by atoms with Crippen LogP contribution in [0, 0.1) is 0 Å². The number of rotatable bonds is 3. The molecule has 0 bridgehead atoms. The second kappa shape index (κ2) is 12.1. The molecule has 5 heteroatoms. The van der Waals surface area contributed by atoms with Gasteiger partial charge in [0.05, 0.1) is 0 Å². The van der Waals surface area contributed by atoms with Gasteiger partial charge in [-0.2, -0.15) is 0 Å². The third kappa shape index (κ3) is 10.3. The molecule has 0 amide bonds. The fraction of sp³-hybridized carbons (Fsp3) is 1.00. The molecule has 1 aliphatic rings. The van der Waals surface area contributed by atoms with Gasteiger partial charge in [0.25, 0.3) is 0 Å². The summed E-state index contributed by atoms with van der Waals surface area (Å²) in [6.07, 6.45) is 6.66. The van der Waals surface area contributed by atoms with Crippen LogP contribution in [0.5, 0.6) is 0 Å². The van der Waals surface area contributed by atoms with E-state index in [4.69, 9.17) is 19.0 Å². The Morgan fingerprint density at radius 3 is 1.47 bits per heavy atom. The molecule has 0 aliphatic heterocycles. The Bertz CT molecular complexity index is 112. The van der Waals surface area contributed by atoms with Gasteiger partial charge in [0.1, 0.15) is 0 Å². The van der Waals surface area contributed by atoms with Crippen molar-refractivity contribution in [3.63, 3.8) is 0 Å². The Hall–Kier alpha value is 0.0569. The third-order valence-electron chi connectivity index (χ3n) is 2.23. The summed E-state index contributed by atoms with van der Waals surface area (Å²) in [5.74, 6) is 0. The Balaban J connectivity index is 0. The lowest BCUT2D eigenvalue weighted by Gasteiger charge is -2.15. The first kappa shape index (κ1) is 17.5. The maximum absolute atomic E-state index is 5.63. The summed E-state index contributed by atoms with van der Waals surface area (Å²) in [6.45, 7) is 0. The van der Waals surface area contributed by atoms with Crippen molar-refractivity contribution in [2.24, 2.45) is 5.73 Å². The summed E-state index contributed by atoms with van der Waals surface area (Å²) in [5, 5.41) is 0. The van der Waals surface area contributed by atoms with Crippen LogP contribution in [-0.2, 0) is 13.3 Å². The molecule has 0 radical (unpaired) electrons. The van der Waals surface area contributed by atoms with Crippen molar-refractivity contribution in [2.75, 3.05) is 21.3 Å². The summed E-state index contributed by atoms with van der Waals surface area (Å²) >= 11 is 0. The van der Waals surface area contributed by atoms with Crippen LogP contribution in [0.25, 0.3) is 0 Å². The first-order valence-corrected chi connectivity index (χ1v) is 6.50. The summed E-state index contributed by atoms with van der Waals surface area (Å²) < 4.78 is 14.2. The predicted molar refractivity (Wildman–Crippen MR) is 66.0 cm³/mol. The van der Waals surface area contributed by atoms with Crippen molar-refractivity contribution in [3.8, 4) is 0 Å². The van der Waals surface area contributed by atoms with Crippen LogP contribution < -0.4 is 5.73 Å². The zero-order valence-electron chi connectivity index (χ0n) is 9.49. The minimum Gasteiger partial charge on any atom is -0.379 e. The van der Waals surface area contributed by atoms with Gasteiger partial charge < -0.3 is 19.0 Å². The predicted octanol–water partition coefficient (Wildman–Crippen LogP) is 1.56. The molecule has 0 heterocycles. The zero-order chi connectivity index (χ0) is 10.8. The zero-order valence-corrected chi connectivity index (χ0v) is 10.6. The summed E-state index contributed by atoms with van der Waals surface area (Å²) in [4.78, 5) is 0. The first-order valence-electron chi connectivity index (χ1n) is 5.08. The highest BCUT2D eigenvalue weighted by atomic mass is 28.3. The standard InChI is InChI=1S/C6H13N.C3H10O3Si.CH4/c7-6-4-2-1-3-5-6;1-4-7(5-2)6-3;/h6H,1-5,7H2;7H,1-3H3;1H4. The molecule has 15 heavy (non-hydrogen) atoms. The van der Waals surface area contributed by atoms with Crippen LogP contribution >= 0.6 is 0 Å². The summed E-state index contributed by atoms with van der Waals surface area (Å²) in [6, 6.07) is 0.536. The molecule has 1 saturated carbocycles. The SMILES string of the molecule is C.CO[SiH](OC)OC.NC1CCCCC1. The van der Waals surface area contributed by atoms with Gasteiger partial charge in [0, 0.05) is 27.4 Å². The van der Waals surface area contributed by atoms with E-state index in [9.17, 15) is 0 Å². The Labute approximate surface area is 96.1 Å². The van der Waals surface area contributed by atoms with E-state index >= 15 is 0 Å². The molecule has 0 aromatic carbocycles. The molecule has 1 rings (SSSR count). The Morgan fingerprint density at radius 2 is 1.33 bits per heavy atom. The van der Waals surface area contributed by atoms with Crippen LogP contribution in [0.1, 0.15) is 39.5 Å². The smallest absolute Gasteiger partial charge is 0.379 e. The summed E-state index contributed by atoms with van der Waals surface area (Å²) in [7, 11) is 3.05. The van der Waals surface area contributed by atoms with Gasteiger partial charge in [0.2, 0.25) is 0 Å². The molecule has 4 nitrogen and oxygen atoms in total. The van der Waals surface area contributed by atoms with E-state index in [2.05, 4.69) is 0 Å². The molecule has 0 aromatic heterocycles. The number of nitrogens with two attached hydrogens (primary N) is 1. The molecule has 0 unspecified atom stereocenters. The minimum atomic E-state index is -1.67. The average Bonchev–Trinajstić information content (AvgIpc) is 2.22. The highest BCUT2D eigenvalue weighted by Crippen LogP contribution is 2.14. The van der Waals surface area contributed by atoms with E-state index < -0.39 is 9.53 Å². The van der Waals surface area contributed by atoms with E-state index in [0.717, 1.165) is 0 Å². The first-order chi connectivity index (χ1) is 6.74. The quantitative estimate of drug-likeness (QED) is 0.757. The second-order valence-electron chi connectivity index (χ2n) is 3.39. The molecule has 94 valence electrons. The fourth-order valence-electron chi connectivity index (χ4n) is 1.42. The van der Waals surface area contributed by atoms with Gasteiger partial charge in [-0.15, -0.1) is 0 Å². The molecular formula is C10H27NO3Si. The van der Waals surface area contributed by atoms with E-state index in [1.165, 1.54) is 32.1 Å². The van der Waals surface area contributed by atoms with Crippen LogP contribution in [0.3, 0.4) is 0 Å². The van der Waals surface area contributed by atoms with Gasteiger partial charge in [-0.1, -0.05) is 26.7 Å².